The number of aromatic amines is 1. The van der Waals surface area contributed by atoms with Crippen LogP contribution in [-0.2, 0) is 11.2 Å². The Morgan fingerprint density at radius 3 is 2.96 bits per heavy atom. The number of fused-ring (bicyclic) bond motifs is 2. The molecule has 3 amide bonds. The summed E-state index contributed by atoms with van der Waals surface area (Å²) in [5, 5.41) is 3.93. The topological polar surface area (TPSA) is 94.5 Å². The van der Waals surface area contributed by atoms with Gasteiger partial charge in [-0.3, -0.25) is 4.79 Å². The molecule has 25 heavy (non-hydrogen) atoms. The molecule has 8 heteroatoms. The zero-order valence-corrected chi connectivity index (χ0v) is 14.6. The molecule has 2 aromatic rings. The van der Waals surface area contributed by atoms with Gasteiger partial charge in [0, 0.05) is 43.3 Å². The van der Waals surface area contributed by atoms with E-state index in [9.17, 15) is 9.59 Å². The van der Waals surface area contributed by atoms with Crippen LogP contribution in [-0.4, -0.2) is 65.0 Å². The lowest BCUT2D eigenvalue weighted by Gasteiger charge is -2.37. The molecule has 1 unspecified atom stereocenters. The first-order valence-corrected chi connectivity index (χ1v) is 8.27. The summed E-state index contributed by atoms with van der Waals surface area (Å²) in [5.74, 6) is -0.0423. The number of carbonyl (C=O) groups excluding carboxylic acids is 2. The van der Waals surface area contributed by atoms with E-state index in [2.05, 4.69) is 10.3 Å². The summed E-state index contributed by atoms with van der Waals surface area (Å²) >= 11 is 0. The van der Waals surface area contributed by atoms with Crippen molar-refractivity contribution in [3.63, 3.8) is 0 Å². The third-order valence-corrected chi connectivity index (χ3v) is 4.98. The van der Waals surface area contributed by atoms with E-state index >= 15 is 0 Å². The Balaban J connectivity index is 0.00000182. The van der Waals surface area contributed by atoms with E-state index in [1.54, 1.807) is 9.80 Å². The molecule has 2 saturated heterocycles. The molecular formula is C17H22ClN5O2. The van der Waals surface area contributed by atoms with Gasteiger partial charge < -0.3 is 25.8 Å². The molecule has 2 aliphatic rings. The number of H-pyrrole nitrogens is 1. The minimum absolute atomic E-state index is 0. The standard InChI is InChI=1S/C17H21N5O2.ClH/c18-14(7-11-8-19-15-4-2-1-3-13(11)15)16(23)21-5-6-22-12(10-21)9-20-17(22)24;/h1-4,8,12,14,19H,5-7,9-10,18H2,(H,20,24);1H/t12?,14-;/m0./s1. The number of rotatable bonds is 3. The number of amides is 3. The summed E-state index contributed by atoms with van der Waals surface area (Å²) < 4.78 is 0. The van der Waals surface area contributed by atoms with Crippen molar-refractivity contribution in [2.75, 3.05) is 26.2 Å². The fourth-order valence-corrected chi connectivity index (χ4v) is 3.66. The van der Waals surface area contributed by atoms with Gasteiger partial charge in [-0.1, -0.05) is 18.2 Å². The van der Waals surface area contributed by atoms with Gasteiger partial charge in [0.05, 0.1) is 12.1 Å². The minimum Gasteiger partial charge on any atom is -0.361 e. The predicted molar refractivity (Wildman–Crippen MR) is 97.7 cm³/mol. The van der Waals surface area contributed by atoms with Crippen molar-refractivity contribution in [2.45, 2.75) is 18.5 Å². The maximum atomic E-state index is 12.7. The lowest BCUT2D eigenvalue weighted by atomic mass is 10.0. The van der Waals surface area contributed by atoms with Crippen LogP contribution in [0.5, 0.6) is 0 Å². The van der Waals surface area contributed by atoms with Crippen LogP contribution in [0.15, 0.2) is 30.5 Å². The largest absolute Gasteiger partial charge is 0.361 e. The first kappa shape index (κ1) is 17.6. The first-order chi connectivity index (χ1) is 11.6. The van der Waals surface area contributed by atoms with Crippen molar-refractivity contribution < 1.29 is 9.59 Å². The maximum absolute atomic E-state index is 12.7. The van der Waals surface area contributed by atoms with Crippen molar-refractivity contribution in [3.8, 4) is 0 Å². The average Bonchev–Trinajstić information content (AvgIpc) is 3.18. The normalized spacial score (nSPS) is 20.8. The smallest absolute Gasteiger partial charge is 0.317 e. The number of halogens is 1. The van der Waals surface area contributed by atoms with Crippen LogP contribution in [0.3, 0.4) is 0 Å². The highest BCUT2D eigenvalue weighted by molar-refractivity contribution is 5.86. The number of hydrogen-bond donors (Lipinski definition) is 3. The minimum atomic E-state index is -0.569. The highest BCUT2D eigenvalue weighted by Gasteiger charge is 2.37. The average molecular weight is 364 g/mol. The van der Waals surface area contributed by atoms with E-state index in [1.807, 2.05) is 30.5 Å². The third-order valence-electron chi connectivity index (χ3n) is 4.98. The summed E-state index contributed by atoms with van der Waals surface area (Å²) in [6, 6.07) is 7.47. The van der Waals surface area contributed by atoms with Gasteiger partial charge in [0.15, 0.2) is 0 Å². The van der Waals surface area contributed by atoms with Crippen LogP contribution in [0.25, 0.3) is 10.9 Å². The number of nitrogens with zero attached hydrogens (tertiary/aromatic N) is 2. The van der Waals surface area contributed by atoms with Gasteiger partial charge in [0.1, 0.15) is 0 Å². The molecule has 0 aliphatic carbocycles. The zero-order valence-electron chi connectivity index (χ0n) is 13.8. The fourth-order valence-electron chi connectivity index (χ4n) is 3.66. The highest BCUT2D eigenvalue weighted by Crippen LogP contribution is 2.20. The van der Waals surface area contributed by atoms with Crippen molar-refractivity contribution in [1.29, 1.82) is 0 Å². The summed E-state index contributed by atoms with van der Waals surface area (Å²) in [6.07, 6.45) is 2.43. The van der Waals surface area contributed by atoms with E-state index in [1.165, 1.54) is 0 Å². The highest BCUT2D eigenvalue weighted by atomic mass is 35.5. The molecule has 1 aromatic carbocycles. The van der Waals surface area contributed by atoms with Crippen molar-refractivity contribution in [2.24, 2.45) is 5.73 Å². The van der Waals surface area contributed by atoms with Gasteiger partial charge in [-0.15, -0.1) is 12.4 Å². The third kappa shape index (κ3) is 3.17. The number of piperazine rings is 1. The number of benzene rings is 1. The summed E-state index contributed by atoms with van der Waals surface area (Å²) in [6.45, 7) is 2.27. The Morgan fingerprint density at radius 2 is 2.12 bits per heavy atom. The van der Waals surface area contributed by atoms with Crippen molar-refractivity contribution in [3.05, 3.63) is 36.0 Å². The Kier molecular flexibility index (Phi) is 4.87. The maximum Gasteiger partial charge on any atom is 0.317 e. The molecule has 0 radical (unpaired) electrons. The van der Waals surface area contributed by atoms with Crippen LogP contribution >= 0.6 is 12.4 Å². The first-order valence-electron chi connectivity index (χ1n) is 8.27. The Morgan fingerprint density at radius 1 is 1.32 bits per heavy atom. The molecule has 2 aliphatic heterocycles. The molecule has 134 valence electrons. The number of hydrogen-bond acceptors (Lipinski definition) is 3. The van der Waals surface area contributed by atoms with Gasteiger partial charge in [0.25, 0.3) is 0 Å². The molecule has 0 spiro atoms. The van der Waals surface area contributed by atoms with Gasteiger partial charge in [-0.05, 0) is 18.1 Å². The van der Waals surface area contributed by atoms with E-state index in [-0.39, 0.29) is 30.4 Å². The van der Waals surface area contributed by atoms with Crippen molar-refractivity contribution >= 4 is 35.2 Å². The molecule has 4 N–H and O–H groups in total. The number of urea groups is 1. The Hall–Kier alpha value is -2.25. The molecule has 2 fully saturated rings. The number of nitrogens with one attached hydrogen (secondary N) is 2. The van der Waals surface area contributed by atoms with Crippen molar-refractivity contribution in [1.82, 2.24) is 20.1 Å². The van der Waals surface area contributed by atoms with E-state index < -0.39 is 6.04 Å². The lowest BCUT2D eigenvalue weighted by molar-refractivity contribution is -0.134. The molecule has 3 heterocycles. The number of para-hydroxylation sites is 1. The van der Waals surface area contributed by atoms with Crippen LogP contribution in [0.2, 0.25) is 0 Å². The molecule has 4 rings (SSSR count). The zero-order chi connectivity index (χ0) is 16.7. The Bertz CT molecular complexity index is 792. The second-order valence-electron chi connectivity index (χ2n) is 6.49. The number of aromatic nitrogens is 1. The van der Waals surface area contributed by atoms with Crippen LogP contribution < -0.4 is 11.1 Å². The molecule has 1 aromatic heterocycles. The predicted octanol–water partition coefficient (Wildman–Crippen LogP) is 0.695. The van der Waals surface area contributed by atoms with Gasteiger partial charge in [-0.25, -0.2) is 4.79 Å². The van der Waals surface area contributed by atoms with Crippen LogP contribution in [0.4, 0.5) is 4.79 Å². The molecule has 2 atom stereocenters. The lowest BCUT2D eigenvalue weighted by Crippen LogP contribution is -2.57. The summed E-state index contributed by atoms with van der Waals surface area (Å²) in [4.78, 5) is 31.1. The fraction of sp³-hybridized carbons (Fsp3) is 0.412. The second-order valence-corrected chi connectivity index (χ2v) is 6.49. The quantitative estimate of drug-likeness (QED) is 0.749. The monoisotopic (exact) mass is 363 g/mol. The Labute approximate surface area is 151 Å². The van der Waals surface area contributed by atoms with E-state index in [4.69, 9.17) is 5.73 Å². The van der Waals surface area contributed by atoms with E-state index in [0.717, 1.165) is 16.5 Å². The number of nitrogens with two attached hydrogens (primary N) is 1. The summed E-state index contributed by atoms with van der Waals surface area (Å²) in [5.41, 5.74) is 8.30. The number of carbonyl (C=O) groups is 2. The summed E-state index contributed by atoms with van der Waals surface area (Å²) in [7, 11) is 0. The molecule has 7 nitrogen and oxygen atoms in total. The van der Waals surface area contributed by atoms with Crippen LogP contribution in [0, 0.1) is 0 Å². The molecule has 0 saturated carbocycles. The SMILES string of the molecule is Cl.N[C@@H](Cc1c[nH]c2ccccc12)C(=O)N1CCN2C(=O)NCC2C1. The van der Waals surface area contributed by atoms with Gasteiger partial charge in [-0.2, -0.15) is 0 Å². The molecule has 0 bridgehead atoms. The van der Waals surface area contributed by atoms with E-state index in [0.29, 0.717) is 32.6 Å². The van der Waals surface area contributed by atoms with Gasteiger partial charge >= 0.3 is 6.03 Å². The van der Waals surface area contributed by atoms with Gasteiger partial charge in [0.2, 0.25) is 5.91 Å². The second kappa shape index (κ2) is 6.93. The molecular weight excluding hydrogens is 342 g/mol. The van der Waals surface area contributed by atoms with Crippen LogP contribution in [0.1, 0.15) is 5.56 Å².